The minimum absolute atomic E-state index is 0.0811. The summed E-state index contributed by atoms with van der Waals surface area (Å²) >= 11 is 5.72. The zero-order valence-corrected chi connectivity index (χ0v) is 13.9. The molecule has 2 heterocycles. The Labute approximate surface area is 134 Å². The number of nitrogens with one attached hydrogen (secondary N) is 1. The lowest BCUT2D eigenvalue weighted by atomic mass is 10.0. The summed E-state index contributed by atoms with van der Waals surface area (Å²) in [4.78, 5) is 17.9. The molecule has 3 N–H and O–H groups in total. The Bertz CT molecular complexity index is 576. The molecule has 1 unspecified atom stereocenters. The van der Waals surface area contributed by atoms with Gasteiger partial charge in [0.15, 0.2) is 11.0 Å². The molecule has 1 amide bonds. The molecular weight excluding hydrogens is 308 g/mol. The van der Waals surface area contributed by atoms with Crippen LogP contribution in [0, 0.1) is 0 Å². The number of halogens is 1. The summed E-state index contributed by atoms with van der Waals surface area (Å²) < 4.78 is 5.29. The standard InChI is InChI=1S/C13H21ClN6O2/c1-12(2,3)22-11(21)17-13(4)5-6-20(7-13)10-16-9(15)8(14)18-19-10/h5-7H2,1-4H3,(H,17,21)(H2,15,16,19). The van der Waals surface area contributed by atoms with Gasteiger partial charge in [-0.3, -0.25) is 0 Å². The molecule has 1 aliphatic rings. The van der Waals surface area contributed by atoms with E-state index < -0.39 is 17.2 Å². The molecule has 0 radical (unpaired) electrons. The van der Waals surface area contributed by atoms with E-state index in [9.17, 15) is 4.79 Å². The smallest absolute Gasteiger partial charge is 0.408 e. The highest BCUT2D eigenvalue weighted by Gasteiger charge is 2.37. The minimum atomic E-state index is -0.531. The molecule has 1 atom stereocenters. The van der Waals surface area contributed by atoms with Gasteiger partial charge in [-0.2, -0.15) is 4.98 Å². The second-order valence-corrected chi connectivity index (χ2v) is 7.00. The number of rotatable bonds is 2. The molecule has 0 aromatic carbocycles. The van der Waals surface area contributed by atoms with Crippen LogP contribution in [0.15, 0.2) is 0 Å². The van der Waals surface area contributed by atoms with E-state index in [2.05, 4.69) is 20.5 Å². The first-order valence-corrected chi connectivity index (χ1v) is 7.38. The van der Waals surface area contributed by atoms with Crippen molar-refractivity contribution in [2.24, 2.45) is 0 Å². The van der Waals surface area contributed by atoms with E-state index in [0.717, 1.165) is 6.42 Å². The van der Waals surface area contributed by atoms with Crippen molar-refractivity contribution in [3.8, 4) is 0 Å². The number of ether oxygens (including phenoxy) is 1. The van der Waals surface area contributed by atoms with Crippen LogP contribution in [0.1, 0.15) is 34.1 Å². The SMILES string of the molecule is CC1(NC(=O)OC(C)(C)C)CCN(c2nnc(Cl)c(N)n2)C1. The Morgan fingerprint density at radius 3 is 2.73 bits per heavy atom. The van der Waals surface area contributed by atoms with Crippen molar-refractivity contribution >= 4 is 29.5 Å². The van der Waals surface area contributed by atoms with Gasteiger partial charge in [-0.05, 0) is 34.1 Å². The van der Waals surface area contributed by atoms with Gasteiger partial charge >= 0.3 is 6.09 Å². The van der Waals surface area contributed by atoms with Crippen LogP contribution in [-0.4, -0.2) is 45.5 Å². The highest BCUT2D eigenvalue weighted by atomic mass is 35.5. The van der Waals surface area contributed by atoms with Crippen LogP contribution in [0.25, 0.3) is 0 Å². The third-order valence-electron chi connectivity index (χ3n) is 3.22. The van der Waals surface area contributed by atoms with E-state index in [1.807, 2.05) is 32.6 Å². The van der Waals surface area contributed by atoms with Gasteiger partial charge in [0, 0.05) is 13.1 Å². The van der Waals surface area contributed by atoms with Gasteiger partial charge in [0.25, 0.3) is 0 Å². The number of aromatic nitrogens is 3. The van der Waals surface area contributed by atoms with Gasteiger partial charge in [-0.25, -0.2) is 4.79 Å². The Kier molecular flexibility index (Phi) is 4.32. The van der Waals surface area contributed by atoms with Gasteiger partial charge in [0.2, 0.25) is 5.95 Å². The van der Waals surface area contributed by atoms with E-state index in [1.54, 1.807) is 0 Å². The van der Waals surface area contributed by atoms with Crippen molar-refractivity contribution in [1.82, 2.24) is 20.5 Å². The number of anilines is 2. The lowest BCUT2D eigenvalue weighted by molar-refractivity contribution is 0.0473. The molecule has 122 valence electrons. The molecule has 22 heavy (non-hydrogen) atoms. The van der Waals surface area contributed by atoms with Crippen LogP contribution >= 0.6 is 11.6 Å². The first-order chi connectivity index (χ1) is 10.1. The second-order valence-electron chi connectivity index (χ2n) is 6.65. The van der Waals surface area contributed by atoms with Gasteiger partial charge in [-0.1, -0.05) is 11.6 Å². The number of hydrogen-bond acceptors (Lipinski definition) is 7. The number of nitrogen functional groups attached to an aromatic ring is 1. The van der Waals surface area contributed by atoms with Gasteiger partial charge in [0.05, 0.1) is 5.54 Å². The predicted octanol–water partition coefficient (Wildman–Crippen LogP) is 1.60. The number of nitrogens with zero attached hydrogens (tertiary/aromatic N) is 4. The largest absolute Gasteiger partial charge is 0.444 e. The molecule has 1 aliphatic heterocycles. The first-order valence-electron chi connectivity index (χ1n) is 7.00. The Hall–Kier alpha value is -1.83. The Balaban J connectivity index is 2.01. The van der Waals surface area contributed by atoms with Crippen molar-refractivity contribution in [1.29, 1.82) is 0 Å². The maximum absolute atomic E-state index is 11.9. The lowest BCUT2D eigenvalue weighted by Crippen LogP contribution is -2.49. The lowest BCUT2D eigenvalue weighted by Gasteiger charge is -2.28. The fourth-order valence-electron chi connectivity index (χ4n) is 2.23. The first kappa shape index (κ1) is 16.5. The average Bonchev–Trinajstić information content (AvgIpc) is 2.72. The molecule has 2 rings (SSSR count). The molecule has 1 aromatic heterocycles. The quantitative estimate of drug-likeness (QED) is 0.849. The van der Waals surface area contributed by atoms with Crippen LogP contribution in [0.3, 0.4) is 0 Å². The number of carbonyl (C=O) groups is 1. The summed E-state index contributed by atoms with van der Waals surface area (Å²) in [5.41, 5.74) is 4.68. The molecule has 8 nitrogen and oxygen atoms in total. The van der Waals surface area contributed by atoms with Crippen LogP contribution in [0.5, 0.6) is 0 Å². The van der Waals surface area contributed by atoms with Crippen LogP contribution in [0.2, 0.25) is 5.15 Å². The van der Waals surface area contributed by atoms with E-state index in [1.165, 1.54) is 0 Å². The molecular formula is C13H21ClN6O2. The number of nitrogens with two attached hydrogens (primary N) is 1. The molecule has 9 heteroatoms. The molecule has 1 aromatic rings. The summed E-state index contributed by atoms with van der Waals surface area (Å²) in [5.74, 6) is 0.539. The number of carbonyl (C=O) groups excluding carboxylic acids is 1. The third kappa shape index (κ3) is 4.09. The number of alkyl carbamates (subject to hydrolysis) is 1. The maximum atomic E-state index is 11.9. The van der Waals surface area contributed by atoms with Crippen molar-refractivity contribution in [3.63, 3.8) is 0 Å². The van der Waals surface area contributed by atoms with Crippen LogP contribution in [-0.2, 0) is 4.74 Å². The van der Waals surface area contributed by atoms with E-state index in [0.29, 0.717) is 19.0 Å². The summed E-state index contributed by atoms with van der Waals surface area (Å²) in [7, 11) is 0. The van der Waals surface area contributed by atoms with Crippen molar-refractivity contribution in [3.05, 3.63) is 5.15 Å². The monoisotopic (exact) mass is 328 g/mol. The number of amides is 1. The van der Waals surface area contributed by atoms with Gasteiger partial charge in [0.1, 0.15) is 5.60 Å². The fraction of sp³-hybridized carbons (Fsp3) is 0.692. The highest BCUT2D eigenvalue weighted by molar-refractivity contribution is 6.31. The molecule has 1 saturated heterocycles. The summed E-state index contributed by atoms with van der Waals surface area (Å²) in [6.07, 6.45) is 0.296. The average molecular weight is 329 g/mol. The molecule has 0 aliphatic carbocycles. The van der Waals surface area contributed by atoms with Crippen molar-refractivity contribution < 1.29 is 9.53 Å². The Morgan fingerprint density at radius 1 is 1.45 bits per heavy atom. The fourth-order valence-corrected chi connectivity index (χ4v) is 2.31. The number of hydrogen-bond donors (Lipinski definition) is 2. The summed E-state index contributed by atoms with van der Waals surface area (Å²) in [5, 5.41) is 10.7. The molecule has 0 bridgehead atoms. The van der Waals surface area contributed by atoms with Crippen molar-refractivity contribution in [2.45, 2.75) is 45.3 Å². The zero-order chi connectivity index (χ0) is 16.5. The van der Waals surface area contributed by atoms with E-state index >= 15 is 0 Å². The summed E-state index contributed by atoms with van der Waals surface area (Å²) in [6, 6.07) is 0. The molecule has 0 saturated carbocycles. The van der Waals surface area contributed by atoms with E-state index in [4.69, 9.17) is 22.1 Å². The zero-order valence-electron chi connectivity index (χ0n) is 13.2. The topological polar surface area (TPSA) is 106 Å². The Morgan fingerprint density at radius 2 is 2.14 bits per heavy atom. The van der Waals surface area contributed by atoms with E-state index in [-0.39, 0.29) is 11.0 Å². The molecule has 1 fully saturated rings. The summed E-state index contributed by atoms with van der Waals surface area (Å²) in [6.45, 7) is 8.64. The second kappa shape index (κ2) is 5.75. The third-order valence-corrected chi connectivity index (χ3v) is 3.49. The molecule has 0 spiro atoms. The van der Waals surface area contributed by atoms with Crippen molar-refractivity contribution in [2.75, 3.05) is 23.7 Å². The van der Waals surface area contributed by atoms with Gasteiger partial charge < -0.3 is 20.7 Å². The van der Waals surface area contributed by atoms with Gasteiger partial charge in [-0.15, -0.1) is 10.2 Å². The van der Waals surface area contributed by atoms with Crippen LogP contribution in [0.4, 0.5) is 16.6 Å². The maximum Gasteiger partial charge on any atom is 0.408 e. The normalized spacial score (nSPS) is 21.8. The minimum Gasteiger partial charge on any atom is -0.444 e. The van der Waals surface area contributed by atoms with Crippen LogP contribution < -0.4 is 16.0 Å². The predicted molar refractivity (Wildman–Crippen MR) is 83.9 cm³/mol. The highest BCUT2D eigenvalue weighted by Crippen LogP contribution is 2.25.